The van der Waals surface area contributed by atoms with E-state index in [9.17, 15) is 0 Å². The number of rotatable bonds is 6. The Balaban J connectivity index is 2.19. The highest BCUT2D eigenvalue weighted by atomic mass is 15.3. The molecule has 2 heterocycles. The Labute approximate surface area is 112 Å². The fraction of sp³-hybridized carbons (Fsp3) is 0.583. The highest BCUT2D eigenvalue weighted by Crippen LogP contribution is 2.17. The van der Waals surface area contributed by atoms with Gasteiger partial charge in [0.05, 0.1) is 17.4 Å². The van der Waals surface area contributed by atoms with Gasteiger partial charge in [-0.1, -0.05) is 6.92 Å². The van der Waals surface area contributed by atoms with E-state index in [1.807, 2.05) is 29.4 Å². The van der Waals surface area contributed by atoms with Crippen molar-refractivity contribution < 1.29 is 0 Å². The summed E-state index contributed by atoms with van der Waals surface area (Å²) >= 11 is 0. The zero-order chi connectivity index (χ0) is 13.8. The van der Waals surface area contributed by atoms with Crippen LogP contribution in [-0.2, 0) is 20.0 Å². The summed E-state index contributed by atoms with van der Waals surface area (Å²) in [6.07, 6.45) is 3.31. The number of nitrogens with zero attached hydrogens (tertiary/aromatic N) is 5. The molecule has 104 valence electrons. The molecule has 0 spiro atoms. The molecule has 0 aliphatic heterocycles. The van der Waals surface area contributed by atoms with Crippen LogP contribution in [0.25, 0.3) is 0 Å². The molecular weight excluding hydrogens is 242 g/mol. The molecule has 0 saturated carbocycles. The Morgan fingerprint density at radius 2 is 2.26 bits per heavy atom. The molecule has 0 radical (unpaired) electrons. The second-order valence-electron chi connectivity index (χ2n) is 4.66. The highest BCUT2D eigenvalue weighted by molar-refractivity contribution is 5.14. The maximum absolute atomic E-state index is 5.68. The number of nitrogens with two attached hydrogens (primary N) is 1. The van der Waals surface area contributed by atoms with Crippen LogP contribution in [0.5, 0.6) is 0 Å². The topological polar surface area (TPSA) is 86.6 Å². The van der Waals surface area contributed by atoms with Gasteiger partial charge >= 0.3 is 0 Å². The summed E-state index contributed by atoms with van der Waals surface area (Å²) in [7, 11) is 1.92. The van der Waals surface area contributed by atoms with Crippen LogP contribution in [0, 0.1) is 6.92 Å². The fourth-order valence-corrected chi connectivity index (χ4v) is 2.23. The van der Waals surface area contributed by atoms with Crippen LogP contribution in [0.1, 0.15) is 36.6 Å². The smallest absolute Gasteiger partial charge is 0.138 e. The minimum Gasteiger partial charge on any atom is -0.271 e. The van der Waals surface area contributed by atoms with Gasteiger partial charge in [-0.05, 0) is 19.4 Å². The first kappa shape index (κ1) is 13.7. The maximum atomic E-state index is 5.68. The lowest BCUT2D eigenvalue weighted by molar-refractivity contribution is 0.474. The summed E-state index contributed by atoms with van der Waals surface area (Å²) in [5.74, 6) is 6.61. The van der Waals surface area contributed by atoms with E-state index < -0.39 is 0 Å². The molecule has 7 nitrogen and oxygen atoms in total. The lowest BCUT2D eigenvalue weighted by atomic mass is 10.1. The molecule has 0 saturated heterocycles. The monoisotopic (exact) mass is 263 g/mol. The average molecular weight is 263 g/mol. The molecule has 2 aromatic rings. The summed E-state index contributed by atoms with van der Waals surface area (Å²) in [6, 6.07) is 2.01. The summed E-state index contributed by atoms with van der Waals surface area (Å²) < 4.78 is 3.77. The number of aryl methyl sites for hydroxylation is 3. The molecule has 0 bridgehead atoms. The van der Waals surface area contributed by atoms with Crippen LogP contribution in [-0.4, -0.2) is 24.5 Å². The van der Waals surface area contributed by atoms with E-state index >= 15 is 0 Å². The third-order valence-electron chi connectivity index (χ3n) is 3.11. The predicted molar refractivity (Wildman–Crippen MR) is 72.0 cm³/mol. The first-order valence-corrected chi connectivity index (χ1v) is 6.49. The number of nitrogens with one attached hydrogen (secondary N) is 1. The van der Waals surface area contributed by atoms with Gasteiger partial charge in [0.1, 0.15) is 12.2 Å². The first-order chi connectivity index (χ1) is 9.15. The van der Waals surface area contributed by atoms with Crippen LogP contribution in [0.4, 0.5) is 0 Å². The average Bonchev–Trinajstić information content (AvgIpc) is 2.94. The maximum Gasteiger partial charge on any atom is 0.138 e. The van der Waals surface area contributed by atoms with Gasteiger partial charge in [0.2, 0.25) is 0 Å². The van der Waals surface area contributed by atoms with Crippen molar-refractivity contribution in [2.24, 2.45) is 12.9 Å². The molecule has 0 aliphatic carbocycles. The Morgan fingerprint density at radius 3 is 2.84 bits per heavy atom. The van der Waals surface area contributed by atoms with Gasteiger partial charge in [-0.2, -0.15) is 10.2 Å². The zero-order valence-electron chi connectivity index (χ0n) is 11.7. The van der Waals surface area contributed by atoms with Gasteiger partial charge in [0.25, 0.3) is 0 Å². The second kappa shape index (κ2) is 5.94. The van der Waals surface area contributed by atoms with E-state index in [1.165, 1.54) is 0 Å². The Morgan fingerprint density at radius 1 is 1.47 bits per heavy atom. The van der Waals surface area contributed by atoms with Gasteiger partial charge in [-0.3, -0.25) is 20.6 Å². The van der Waals surface area contributed by atoms with Crippen LogP contribution in [0.3, 0.4) is 0 Å². The summed E-state index contributed by atoms with van der Waals surface area (Å²) in [4.78, 5) is 4.31. The van der Waals surface area contributed by atoms with Crippen molar-refractivity contribution >= 4 is 0 Å². The summed E-state index contributed by atoms with van der Waals surface area (Å²) in [6.45, 7) is 4.96. The number of hydrazine groups is 1. The van der Waals surface area contributed by atoms with Crippen molar-refractivity contribution in [3.8, 4) is 0 Å². The molecule has 0 aromatic carbocycles. The van der Waals surface area contributed by atoms with E-state index in [2.05, 4.69) is 27.5 Å². The van der Waals surface area contributed by atoms with Crippen molar-refractivity contribution in [2.75, 3.05) is 0 Å². The first-order valence-electron chi connectivity index (χ1n) is 6.49. The van der Waals surface area contributed by atoms with Crippen molar-refractivity contribution in [2.45, 2.75) is 39.3 Å². The van der Waals surface area contributed by atoms with Crippen molar-refractivity contribution in [1.82, 2.24) is 30.0 Å². The minimum absolute atomic E-state index is 0.0222. The fourth-order valence-electron chi connectivity index (χ4n) is 2.23. The van der Waals surface area contributed by atoms with Gasteiger partial charge in [-0.15, -0.1) is 0 Å². The van der Waals surface area contributed by atoms with Crippen molar-refractivity contribution in [3.05, 3.63) is 29.6 Å². The summed E-state index contributed by atoms with van der Waals surface area (Å²) in [5, 5.41) is 8.58. The van der Waals surface area contributed by atoms with Gasteiger partial charge in [-0.25, -0.2) is 4.98 Å². The molecule has 19 heavy (non-hydrogen) atoms. The van der Waals surface area contributed by atoms with Crippen molar-refractivity contribution in [1.29, 1.82) is 0 Å². The molecule has 2 aromatic heterocycles. The van der Waals surface area contributed by atoms with Gasteiger partial charge < -0.3 is 0 Å². The molecule has 0 aliphatic rings. The number of hydrogen-bond acceptors (Lipinski definition) is 5. The predicted octanol–water partition coefficient (Wildman–Crippen LogP) is 0.477. The lowest BCUT2D eigenvalue weighted by Gasteiger charge is -2.16. The molecule has 0 amide bonds. The van der Waals surface area contributed by atoms with E-state index in [-0.39, 0.29) is 6.04 Å². The SMILES string of the molecule is CCCn1ncnc1CC(NN)c1cc(C)nn1C. The second-order valence-corrected chi connectivity index (χ2v) is 4.66. The minimum atomic E-state index is -0.0222. The van der Waals surface area contributed by atoms with E-state index in [1.54, 1.807) is 6.33 Å². The zero-order valence-corrected chi connectivity index (χ0v) is 11.7. The number of aromatic nitrogens is 5. The molecule has 7 heteroatoms. The standard InChI is InChI=1S/C12H21N7/c1-4-5-19-12(14-8-15-19)7-10(16-13)11-6-9(2)17-18(11)3/h6,8,10,16H,4-5,7,13H2,1-3H3. The van der Waals surface area contributed by atoms with E-state index in [4.69, 9.17) is 5.84 Å². The third-order valence-corrected chi connectivity index (χ3v) is 3.11. The molecule has 3 N–H and O–H groups in total. The van der Waals surface area contributed by atoms with Gasteiger partial charge in [0, 0.05) is 20.0 Å². The Hall–Kier alpha value is -1.73. The van der Waals surface area contributed by atoms with Crippen LogP contribution >= 0.6 is 0 Å². The molecule has 1 atom stereocenters. The number of hydrogen-bond donors (Lipinski definition) is 2. The summed E-state index contributed by atoms with van der Waals surface area (Å²) in [5.41, 5.74) is 4.86. The normalized spacial score (nSPS) is 12.8. The van der Waals surface area contributed by atoms with Crippen LogP contribution < -0.4 is 11.3 Å². The molecule has 2 rings (SSSR count). The van der Waals surface area contributed by atoms with Crippen molar-refractivity contribution in [3.63, 3.8) is 0 Å². The molecule has 0 fully saturated rings. The van der Waals surface area contributed by atoms with Gasteiger partial charge in [0.15, 0.2) is 0 Å². The van der Waals surface area contributed by atoms with E-state index in [0.717, 1.165) is 30.2 Å². The highest BCUT2D eigenvalue weighted by Gasteiger charge is 2.18. The van der Waals surface area contributed by atoms with Crippen LogP contribution in [0.2, 0.25) is 0 Å². The van der Waals surface area contributed by atoms with E-state index in [0.29, 0.717) is 6.42 Å². The Kier molecular flexibility index (Phi) is 4.28. The largest absolute Gasteiger partial charge is 0.271 e. The lowest BCUT2D eigenvalue weighted by Crippen LogP contribution is -2.32. The molecular formula is C12H21N7. The molecule has 1 unspecified atom stereocenters. The third kappa shape index (κ3) is 2.99. The van der Waals surface area contributed by atoms with Crippen LogP contribution in [0.15, 0.2) is 12.4 Å². The quantitative estimate of drug-likeness (QED) is 0.584. The Bertz CT molecular complexity index is 528.